The van der Waals surface area contributed by atoms with Crippen LogP contribution in [0.4, 0.5) is 0 Å². The lowest BCUT2D eigenvalue weighted by Crippen LogP contribution is -2.11. The Bertz CT molecular complexity index is 1010. The minimum absolute atomic E-state index is 0.701. The average Bonchev–Trinajstić information content (AvgIpc) is 2.73. The maximum Gasteiger partial charge on any atom is 0.0753 e. The van der Waals surface area contributed by atoms with Crippen molar-refractivity contribution in [2.75, 3.05) is 0 Å². The molecule has 0 spiro atoms. The van der Waals surface area contributed by atoms with Crippen LogP contribution < -0.4 is 0 Å². The van der Waals surface area contributed by atoms with Gasteiger partial charge in [-0.1, -0.05) is 71.7 Å². The highest BCUT2D eigenvalue weighted by atomic mass is 15.3. The summed E-state index contributed by atoms with van der Waals surface area (Å²) in [5, 5.41) is 12.9. The number of rotatable bonds is 6. The summed E-state index contributed by atoms with van der Waals surface area (Å²) >= 11 is 0. The van der Waals surface area contributed by atoms with Gasteiger partial charge < -0.3 is 0 Å². The molecule has 27 heavy (non-hydrogen) atoms. The van der Waals surface area contributed by atoms with Crippen molar-refractivity contribution in [3.63, 3.8) is 0 Å². The van der Waals surface area contributed by atoms with Gasteiger partial charge in [0, 0.05) is 24.0 Å². The van der Waals surface area contributed by atoms with Gasteiger partial charge in [-0.25, -0.2) is 0 Å². The van der Waals surface area contributed by atoms with Crippen LogP contribution in [0.2, 0.25) is 0 Å². The Labute approximate surface area is 159 Å². The molecule has 0 N–H and O–H groups in total. The van der Waals surface area contributed by atoms with Crippen LogP contribution in [0.5, 0.6) is 0 Å². The van der Waals surface area contributed by atoms with Gasteiger partial charge in [-0.3, -0.25) is 0 Å². The number of aromatic nitrogens is 3. The first-order chi connectivity index (χ1) is 13.4. The van der Waals surface area contributed by atoms with Crippen LogP contribution in [0.3, 0.4) is 0 Å². The topological polar surface area (TPSA) is 38.7 Å². The molecule has 0 unspecified atom stereocenters. The summed E-state index contributed by atoms with van der Waals surface area (Å²) < 4.78 is 0. The summed E-state index contributed by atoms with van der Waals surface area (Å²) in [4.78, 5) is 0. The van der Waals surface area contributed by atoms with Gasteiger partial charge in [-0.05, 0) is 42.2 Å². The van der Waals surface area contributed by atoms with Crippen LogP contribution in [0.25, 0.3) is 0 Å². The van der Waals surface area contributed by atoms with E-state index in [1.54, 1.807) is 0 Å². The second kappa shape index (κ2) is 8.42. The molecule has 3 nitrogen and oxygen atoms in total. The summed E-state index contributed by atoms with van der Waals surface area (Å²) in [6, 6.07) is 10.4. The average molecular weight is 351 g/mol. The van der Waals surface area contributed by atoms with Gasteiger partial charge in [0.25, 0.3) is 0 Å². The summed E-state index contributed by atoms with van der Waals surface area (Å²) in [6.45, 7) is 0. The predicted octanol–water partition coefficient (Wildman–Crippen LogP) is 4.63. The predicted molar refractivity (Wildman–Crippen MR) is 107 cm³/mol. The van der Waals surface area contributed by atoms with Crippen molar-refractivity contribution in [1.82, 2.24) is 15.4 Å². The second-order valence-electron chi connectivity index (χ2n) is 6.79. The molecule has 0 radical (unpaired) electrons. The van der Waals surface area contributed by atoms with E-state index in [1.165, 1.54) is 16.7 Å². The van der Waals surface area contributed by atoms with E-state index < -0.39 is 0 Å². The van der Waals surface area contributed by atoms with Crippen molar-refractivity contribution in [2.45, 2.75) is 32.1 Å². The first-order valence-electron chi connectivity index (χ1n) is 9.34. The molecule has 1 heterocycles. The van der Waals surface area contributed by atoms with Gasteiger partial charge >= 0.3 is 0 Å². The normalized spacial score (nSPS) is 15.0. The van der Waals surface area contributed by atoms with Gasteiger partial charge in [0.05, 0.1) is 11.4 Å². The number of hydrogen-bond donors (Lipinski definition) is 0. The van der Waals surface area contributed by atoms with Gasteiger partial charge in [-0.2, -0.15) is 0 Å². The molecule has 132 valence electrons. The second-order valence-corrected chi connectivity index (χ2v) is 6.79. The fourth-order valence-corrected chi connectivity index (χ4v) is 3.39. The third-order valence-corrected chi connectivity index (χ3v) is 4.81. The van der Waals surface area contributed by atoms with Crippen molar-refractivity contribution in [3.05, 3.63) is 112 Å². The summed E-state index contributed by atoms with van der Waals surface area (Å²) in [5.41, 5.74) is 13.1. The molecule has 2 aliphatic carbocycles. The Kier molecular flexibility index (Phi) is 5.36. The monoisotopic (exact) mass is 351 g/mol. The largest absolute Gasteiger partial charge is 0.135 e. The maximum absolute atomic E-state index is 4.42. The fraction of sp³-hybridized carbons (Fsp3) is 0.208. The minimum Gasteiger partial charge on any atom is -0.135 e. The molecule has 2 aromatic rings. The highest BCUT2D eigenvalue weighted by Gasteiger charge is 2.16. The van der Waals surface area contributed by atoms with Gasteiger partial charge in [0.1, 0.15) is 0 Å². The fourth-order valence-electron chi connectivity index (χ4n) is 3.39. The van der Waals surface area contributed by atoms with E-state index in [9.17, 15) is 0 Å². The molecule has 0 amide bonds. The molecule has 0 saturated carbocycles. The molecule has 1 aromatic heterocycles. The van der Waals surface area contributed by atoms with E-state index in [0.717, 1.165) is 42.6 Å². The van der Waals surface area contributed by atoms with Crippen LogP contribution in [0.1, 0.15) is 35.4 Å². The number of hydrogen-bond acceptors (Lipinski definition) is 3. The summed E-state index contributed by atoms with van der Waals surface area (Å²) in [7, 11) is 0. The lowest BCUT2D eigenvalue weighted by Gasteiger charge is -2.15. The van der Waals surface area contributed by atoms with Crippen molar-refractivity contribution >= 4 is 0 Å². The number of allylic oxidation sites excluding steroid dienone is 8. The standard InChI is InChI=1S/C24H21N3/c1-4-10-19(11-5-1)16-22-23(17-20-12-6-2-7-13-20)25-27-26-24(22)18-21-14-8-3-9-15-21/h1-4,6-8,10,12-14H,5,11,16-18H2. The van der Waals surface area contributed by atoms with Crippen LogP contribution in [-0.4, -0.2) is 15.4 Å². The molecule has 4 rings (SSSR count). The first-order valence-corrected chi connectivity index (χ1v) is 9.34. The van der Waals surface area contributed by atoms with Crippen LogP contribution in [-0.2, 0) is 19.3 Å². The molecule has 0 atom stereocenters. The Hall–Kier alpha value is -3.25. The van der Waals surface area contributed by atoms with Crippen LogP contribution >= 0.6 is 0 Å². The summed E-state index contributed by atoms with van der Waals surface area (Å²) in [5.74, 6) is 0. The van der Waals surface area contributed by atoms with Crippen molar-refractivity contribution in [2.24, 2.45) is 0 Å². The van der Waals surface area contributed by atoms with E-state index in [2.05, 4.69) is 75.4 Å². The van der Waals surface area contributed by atoms with Gasteiger partial charge in [0.2, 0.25) is 0 Å². The lowest BCUT2D eigenvalue weighted by molar-refractivity contribution is 0.751. The maximum atomic E-state index is 4.42. The third-order valence-electron chi connectivity index (χ3n) is 4.81. The van der Waals surface area contributed by atoms with E-state index in [-0.39, 0.29) is 0 Å². The van der Waals surface area contributed by atoms with E-state index >= 15 is 0 Å². The third kappa shape index (κ3) is 4.48. The zero-order valence-corrected chi connectivity index (χ0v) is 15.2. The van der Waals surface area contributed by atoms with E-state index in [1.807, 2.05) is 18.2 Å². The number of benzene rings is 1. The molecular weight excluding hydrogens is 330 g/mol. The molecule has 0 saturated heterocycles. The molecular formula is C24H21N3. The van der Waals surface area contributed by atoms with Gasteiger partial charge in [-0.15, -0.1) is 10.2 Å². The highest BCUT2D eigenvalue weighted by Crippen LogP contribution is 2.24. The molecule has 2 aliphatic rings. The lowest BCUT2D eigenvalue weighted by atomic mass is 9.92. The smallest absolute Gasteiger partial charge is 0.0753 e. The molecule has 0 fully saturated rings. The minimum atomic E-state index is 0.701. The van der Waals surface area contributed by atoms with E-state index in [0.29, 0.717) is 6.42 Å². The number of nitrogens with zero attached hydrogens (tertiary/aromatic N) is 3. The van der Waals surface area contributed by atoms with Crippen molar-refractivity contribution in [3.8, 4) is 0 Å². The Morgan fingerprint density at radius 3 is 2.52 bits per heavy atom. The van der Waals surface area contributed by atoms with Crippen LogP contribution in [0.15, 0.2) is 89.4 Å². The molecule has 0 bridgehead atoms. The van der Waals surface area contributed by atoms with E-state index in [4.69, 9.17) is 0 Å². The molecule has 0 aliphatic heterocycles. The quantitative estimate of drug-likeness (QED) is 0.712. The zero-order valence-electron chi connectivity index (χ0n) is 15.2. The van der Waals surface area contributed by atoms with Gasteiger partial charge in [0.15, 0.2) is 0 Å². The Morgan fingerprint density at radius 2 is 1.78 bits per heavy atom. The van der Waals surface area contributed by atoms with Crippen molar-refractivity contribution < 1.29 is 0 Å². The molecule has 1 aromatic carbocycles. The Balaban J connectivity index is 1.70. The molecule has 3 heteroatoms. The first kappa shape index (κ1) is 17.2. The zero-order chi connectivity index (χ0) is 18.3. The van der Waals surface area contributed by atoms with Crippen molar-refractivity contribution in [1.29, 1.82) is 0 Å². The summed E-state index contributed by atoms with van der Waals surface area (Å²) in [6.07, 6.45) is 17.0. The van der Waals surface area contributed by atoms with Crippen LogP contribution in [0, 0.1) is 0 Å². The highest BCUT2D eigenvalue weighted by molar-refractivity contribution is 5.38. The SMILES string of the molecule is C1=C=C(Cc2nnnc(Cc3ccccc3)c2CC2=CC=CCC2)C=CC=1. The Morgan fingerprint density at radius 1 is 0.926 bits per heavy atom.